The van der Waals surface area contributed by atoms with Gasteiger partial charge in [0.2, 0.25) is 10.0 Å². The zero-order valence-electron chi connectivity index (χ0n) is 12.8. The second-order valence-corrected chi connectivity index (χ2v) is 8.18. The van der Waals surface area contributed by atoms with Gasteiger partial charge in [-0.1, -0.05) is 13.3 Å². The van der Waals surface area contributed by atoms with E-state index in [1.807, 2.05) is 6.92 Å². The van der Waals surface area contributed by atoms with E-state index in [1.54, 1.807) is 20.8 Å². The number of likely N-dealkylation sites (tertiary alicyclic amines) is 1. The van der Waals surface area contributed by atoms with Crippen LogP contribution in [0.3, 0.4) is 0 Å². The summed E-state index contributed by atoms with van der Waals surface area (Å²) in [5.41, 5.74) is -0.562. The Labute approximate surface area is 121 Å². The van der Waals surface area contributed by atoms with Crippen molar-refractivity contribution in [3.05, 3.63) is 0 Å². The molecule has 0 bridgehead atoms. The lowest BCUT2D eigenvalue weighted by Gasteiger charge is -2.24. The lowest BCUT2D eigenvalue weighted by molar-refractivity contribution is 0.0295. The van der Waals surface area contributed by atoms with Crippen LogP contribution < -0.4 is 4.72 Å². The van der Waals surface area contributed by atoms with Gasteiger partial charge in [-0.2, -0.15) is 0 Å². The third kappa shape index (κ3) is 5.28. The molecule has 1 aliphatic rings. The molecule has 1 fully saturated rings. The zero-order valence-corrected chi connectivity index (χ0v) is 13.6. The van der Waals surface area contributed by atoms with E-state index in [9.17, 15) is 13.2 Å². The number of hydrogen-bond donors (Lipinski definition) is 1. The Morgan fingerprint density at radius 2 is 2.05 bits per heavy atom. The molecule has 0 spiro atoms. The summed E-state index contributed by atoms with van der Waals surface area (Å²) in [5, 5.41) is -0.535. The normalized spacial score (nSPS) is 20.2. The second kappa shape index (κ2) is 6.76. The standard InChI is InChI=1S/C13H26N2O4S/c1-5-6-8-14-20(17,18)11-7-9-15(10-11)12(16)19-13(2,3)4/h11,14H,5-10H2,1-4H3/t11-/m1/s1. The van der Waals surface area contributed by atoms with E-state index in [1.165, 1.54) is 4.90 Å². The lowest BCUT2D eigenvalue weighted by atomic mass is 10.2. The third-order valence-corrected chi connectivity index (χ3v) is 4.94. The molecule has 20 heavy (non-hydrogen) atoms. The zero-order chi connectivity index (χ0) is 15.4. The average molecular weight is 306 g/mol. The van der Waals surface area contributed by atoms with Crippen LogP contribution in [-0.2, 0) is 14.8 Å². The maximum atomic E-state index is 12.1. The Morgan fingerprint density at radius 3 is 2.60 bits per heavy atom. The summed E-state index contributed by atoms with van der Waals surface area (Å²) in [7, 11) is -3.34. The number of carbonyl (C=O) groups is 1. The molecule has 1 amide bonds. The van der Waals surface area contributed by atoms with Crippen molar-refractivity contribution in [1.29, 1.82) is 0 Å². The Balaban J connectivity index is 2.52. The van der Waals surface area contributed by atoms with Gasteiger partial charge in [0.1, 0.15) is 5.60 Å². The number of sulfonamides is 1. The van der Waals surface area contributed by atoms with Gasteiger partial charge in [0.05, 0.1) is 5.25 Å². The molecule has 0 aliphatic carbocycles. The minimum Gasteiger partial charge on any atom is -0.444 e. The van der Waals surface area contributed by atoms with E-state index in [0.29, 0.717) is 19.5 Å². The van der Waals surface area contributed by atoms with Crippen LogP contribution in [0.15, 0.2) is 0 Å². The van der Waals surface area contributed by atoms with Crippen molar-refractivity contribution >= 4 is 16.1 Å². The van der Waals surface area contributed by atoms with Gasteiger partial charge >= 0.3 is 6.09 Å². The largest absolute Gasteiger partial charge is 0.444 e. The predicted molar refractivity (Wildman–Crippen MR) is 78.0 cm³/mol. The molecule has 1 atom stereocenters. The van der Waals surface area contributed by atoms with Gasteiger partial charge in [0, 0.05) is 19.6 Å². The van der Waals surface area contributed by atoms with Crippen LogP contribution in [0.2, 0.25) is 0 Å². The molecular formula is C13H26N2O4S. The van der Waals surface area contributed by atoms with Gasteiger partial charge in [-0.25, -0.2) is 17.9 Å². The quantitative estimate of drug-likeness (QED) is 0.785. The molecule has 7 heteroatoms. The van der Waals surface area contributed by atoms with Crippen molar-refractivity contribution in [3.8, 4) is 0 Å². The molecule has 0 aromatic heterocycles. The van der Waals surface area contributed by atoms with Gasteiger partial charge in [-0.15, -0.1) is 0 Å². The Morgan fingerprint density at radius 1 is 1.40 bits per heavy atom. The van der Waals surface area contributed by atoms with Crippen molar-refractivity contribution in [2.75, 3.05) is 19.6 Å². The first-order valence-corrected chi connectivity index (χ1v) is 8.67. The number of unbranched alkanes of at least 4 members (excludes halogenated alkanes) is 1. The fourth-order valence-corrected chi connectivity index (χ4v) is 3.44. The van der Waals surface area contributed by atoms with E-state index in [4.69, 9.17) is 4.74 Å². The number of nitrogens with zero attached hydrogens (tertiary/aromatic N) is 1. The summed E-state index contributed by atoms with van der Waals surface area (Å²) in [4.78, 5) is 13.3. The number of carbonyl (C=O) groups excluding carboxylic acids is 1. The highest BCUT2D eigenvalue weighted by Crippen LogP contribution is 2.19. The monoisotopic (exact) mass is 306 g/mol. The SMILES string of the molecule is CCCCNS(=O)(=O)[C@@H]1CCN(C(=O)OC(C)(C)C)C1. The molecule has 1 N–H and O–H groups in total. The fourth-order valence-electron chi connectivity index (χ4n) is 1.98. The molecule has 1 aliphatic heterocycles. The second-order valence-electron chi connectivity index (χ2n) is 6.13. The van der Waals surface area contributed by atoms with Crippen LogP contribution in [0.4, 0.5) is 4.79 Å². The Bertz CT molecular complexity index is 428. The van der Waals surface area contributed by atoms with E-state index >= 15 is 0 Å². The van der Waals surface area contributed by atoms with Crippen LogP contribution in [0, 0.1) is 0 Å². The maximum absolute atomic E-state index is 12.1. The first-order chi connectivity index (χ1) is 9.15. The van der Waals surface area contributed by atoms with Crippen molar-refractivity contribution in [3.63, 3.8) is 0 Å². The van der Waals surface area contributed by atoms with Crippen LogP contribution in [0.1, 0.15) is 47.0 Å². The van der Waals surface area contributed by atoms with E-state index in [-0.39, 0.29) is 6.54 Å². The first-order valence-electron chi connectivity index (χ1n) is 7.12. The van der Waals surface area contributed by atoms with Crippen molar-refractivity contribution in [2.45, 2.75) is 57.8 Å². The minimum absolute atomic E-state index is 0.205. The highest BCUT2D eigenvalue weighted by atomic mass is 32.2. The van der Waals surface area contributed by atoms with Crippen LogP contribution in [0.5, 0.6) is 0 Å². The molecule has 0 aromatic rings. The van der Waals surface area contributed by atoms with Crippen LogP contribution >= 0.6 is 0 Å². The van der Waals surface area contributed by atoms with Gasteiger partial charge in [-0.05, 0) is 33.6 Å². The molecule has 0 saturated carbocycles. The summed E-state index contributed by atoms with van der Waals surface area (Å²) in [6.45, 7) is 8.48. The van der Waals surface area contributed by atoms with Gasteiger partial charge in [0.25, 0.3) is 0 Å². The smallest absolute Gasteiger partial charge is 0.410 e. The van der Waals surface area contributed by atoms with Gasteiger partial charge in [-0.3, -0.25) is 0 Å². The Kier molecular flexibility index (Phi) is 5.82. The average Bonchev–Trinajstić information content (AvgIpc) is 2.76. The van der Waals surface area contributed by atoms with Gasteiger partial charge in [0.15, 0.2) is 0 Å². The molecule has 118 valence electrons. The molecule has 0 aromatic carbocycles. The highest BCUT2D eigenvalue weighted by molar-refractivity contribution is 7.90. The summed E-state index contributed by atoms with van der Waals surface area (Å²) >= 11 is 0. The number of nitrogens with one attached hydrogen (secondary N) is 1. The number of hydrogen-bond acceptors (Lipinski definition) is 4. The van der Waals surface area contributed by atoms with E-state index in [0.717, 1.165) is 12.8 Å². The first kappa shape index (κ1) is 17.2. The van der Waals surface area contributed by atoms with Crippen LogP contribution in [0.25, 0.3) is 0 Å². The summed E-state index contributed by atoms with van der Waals surface area (Å²) < 4.78 is 32.0. The minimum atomic E-state index is -3.34. The number of rotatable bonds is 5. The molecule has 1 heterocycles. The molecule has 1 saturated heterocycles. The predicted octanol–water partition coefficient (Wildman–Crippen LogP) is 1.72. The number of amides is 1. The van der Waals surface area contributed by atoms with Crippen molar-refractivity contribution in [1.82, 2.24) is 9.62 Å². The topological polar surface area (TPSA) is 75.7 Å². The van der Waals surface area contributed by atoms with Gasteiger partial charge < -0.3 is 9.64 Å². The molecule has 0 radical (unpaired) electrons. The van der Waals surface area contributed by atoms with E-state index < -0.39 is 27.0 Å². The van der Waals surface area contributed by atoms with Crippen molar-refractivity contribution < 1.29 is 17.9 Å². The Hall–Kier alpha value is -0.820. The molecule has 0 unspecified atom stereocenters. The molecule has 6 nitrogen and oxygen atoms in total. The van der Waals surface area contributed by atoms with E-state index in [2.05, 4.69) is 4.72 Å². The van der Waals surface area contributed by atoms with Crippen LogP contribution in [-0.4, -0.2) is 49.9 Å². The summed E-state index contributed by atoms with van der Waals surface area (Å²) in [6, 6.07) is 0. The van der Waals surface area contributed by atoms with Crippen molar-refractivity contribution in [2.24, 2.45) is 0 Å². The fraction of sp³-hybridized carbons (Fsp3) is 0.923. The molecular weight excluding hydrogens is 280 g/mol. The molecule has 1 rings (SSSR count). The maximum Gasteiger partial charge on any atom is 0.410 e. The lowest BCUT2D eigenvalue weighted by Crippen LogP contribution is -2.39. The third-order valence-electron chi connectivity index (χ3n) is 3.07. The number of ether oxygens (including phenoxy) is 1. The highest BCUT2D eigenvalue weighted by Gasteiger charge is 2.36. The summed E-state index contributed by atoms with van der Waals surface area (Å²) in [5.74, 6) is 0. The summed E-state index contributed by atoms with van der Waals surface area (Å²) in [6.07, 6.45) is 1.78.